The normalized spacial score (nSPS) is 12.1. The van der Waals surface area contributed by atoms with E-state index in [9.17, 15) is 0 Å². The van der Waals surface area contributed by atoms with Gasteiger partial charge in [-0.15, -0.1) is 0 Å². The lowest BCUT2D eigenvalue weighted by atomic mass is 9.97. The molecule has 0 spiro atoms. The third-order valence-electron chi connectivity index (χ3n) is 9.50. The standard InChI is InChI=1S/C44H41N/c1-3-5-12-32(4-2)31-45-43-27-25-39(37-21-17-35(18-22-37)33-13-8-6-9-14-33)29-41(43)42-30-40(26-28-44(42)45)38-23-19-36(20-24-38)34-15-10-7-11-16-34/h6-11,13-30,32H,3-5,12,31H2,1-2H3. The molecule has 222 valence electrons. The van der Waals surface area contributed by atoms with Crippen molar-refractivity contribution < 1.29 is 0 Å². The van der Waals surface area contributed by atoms with Crippen molar-refractivity contribution in [2.75, 3.05) is 0 Å². The molecule has 1 atom stereocenters. The molecular weight excluding hydrogens is 542 g/mol. The second-order valence-corrected chi connectivity index (χ2v) is 12.4. The molecule has 0 saturated heterocycles. The summed E-state index contributed by atoms with van der Waals surface area (Å²) < 4.78 is 2.60. The van der Waals surface area contributed by atoms with Gasteiger partial charge in [0, 0.05) is 28.4 Å². The summed E-state index contributed by atoms with van der Waals surface area (Å²) in [4.78, 5) is 0. The molecule has 0 aliphatic heterocycles. The summed E-state index contributed by atoms with van der Waals surface area (Å²) in [6.07, 6.45) is 5.04. The lowest BCUT2D eigenvalue weighted by Gasteiger charge is -2.17. The molecule has 0 aliphatic carbocycles. The highest BCUT2D eigenvalue weighted by Crippen LogP contribution is 2.37. The molecule has 7 rings (SSSR count). The van der Waals surface area contributed by atoms with Crippen molar-refractivity contribution >= 4 is 21.8 Å². The Morgan fingerprint density at radius 3 is 1.22 bits per heavy atom. The first-order valence-corrected chi connectivity index (χ1v) is 16.6. The summed E-state index contributed by atoms with van der Waals surface area (Å²) in [5.74, 6) is 0.680. The molecule has 1 heteroatoms. The molecular formula is C44H41N. The third-order valence-corrected chi connectivity index (χ3v) is 9.50. The van der Waals surface area contributed by atoms with Crippen LogP contribution in [0.3, 0.4) is 0 Å². The summed E-state index contributed by atoms with van der Waals surface area (Å²) in [6.45, 7) is 5.71. The summed E-state index contributed by atoms with van der Waals surface area (Å²) >= 11 is 0. The van der Waals surface area contributed by atoms with Crippen LogP contribution in [-0.4, -0.2) is 4.57 Å². The van der Waals surface area contributed by atoms with Crippen LogP contribution in [0.1, 0.15) is 39.5 Å². The molecule has 6 aromatic carbocycles. The maximum Gasteiger partial charge on any atom is 0.0491 e. The number of fused-ring (bicyclic) bond motifs is 3. The molecule has 0 amide bonds. The van der Waals surface area contributed by atoms with Gasteiger partial charge in [-0.2, -0.15) is 0 Å². The highest BCUT2D eigenvalue weighted by molar-refractivity contribution is 6.10. The van der Waals surface area contributed by atoms with E-state index in [4.69, 9.17) is 0 Å². The number of benzene rings is 6. The first-order chi connectivity index (χ1) is 22.2. The first kappa shape index (κ1) is 28.9. The Morgan fingerprint density at radius 2 is 0.822 bits per heavy atom. The molecule has 0 saturated carbocycles. The van der Waals surface area contributed by atoms with Crippen LogP contribution >= 0.6 is 0 Å². The van der Waals surface area contributed by atoms with Crippen LogP contribution in [0.5, 0.6) is 0 Å². The molecule has 0 radical (unpaired) electrons. The van der Waals surface area contributed by atoms with Gasteiger partial charge < -0.3 is 4.57 Å². The number of aromatic nitrogens is 1. The molecule has 7 aromatic rings. The van der Waals surface area contributed by atoms with Crippen molar-refractivity contribution in [2.45, 2.75) is 46.1 Å². The molecule has 1 nitrogen and oxygen atoms in total. The Labute approximate surface area is 267 Å². The quantitative estimate of drug-likeness (QED) is 0.151. The summed E-state index contributed by atoms with van der Waals surface area (Å²) in [7, 11) is 0. The number of unbranched alkanes of at least 4 members (excludes halogenated alkanes) is 1. The zero-order valence-electron chi connectivity index (χ0n) is 26.4. The third kappa shape index (κ3) is 5.96. The molecule has 45 heavy (non-hydrogen) atoms. The Bertz CT molecular complexity index is 1870. The molecule has 0 aliphatic rings. The maximum atomic E-state index is 2.60. The van der Waals surface area contributed by atoms with E-state index in [1.165, 1.54) is 92.0 Å². The van der Waals surface area contributed by atoms with E-state index in [2.05, 4.69) is 164 Å². The number of nitrogens with zero attached hydrogens (tertiary/aromatic N) is 1. The van der Waals surface area contributed by atoms with Crippen molar-refractivity contribution in [1.29, 1.82) is 0 Å². The van der Waals surface area contributed by atoms with Crippen LogP contribution in [0.4, 0.5) is 0 Å². The van der Waals surface area contributed by atoms with Gasteiger partial charge in [0.1, 0.15) is 0 Å². The van der Waals surface area contributed by atoms with Gasteiger partial charge >= 0.3 is 0 Å². The number of rotatable bonds is 10. The van der Waals surface area contributed by atoms with E-state index >= 15 is 0 Å². The van der Waals surface area contributed by atoms with E-state index in [-0.39, 0.29) is 0 Å². The minimum atomic E-state index is 0.680. The predicted octanol–water partition coefficient (Wildman–Crippen LogP) is 12.7. The van der Waals surface area contributed by atoms with E-state index in [0.717, 1.165) is 6.54 Å². The first-order valence-electron chi connectivity index (χ1n) is 16.6. The second kappa shape index (κ2) is 13.0. The van der Waals surface area contributed by atoms with Gasteiger partial charge in [-0.05, 0) is 81.1 Å². The smallest absolute Gasteiger partial charge is 0.0491 e. The molecule has 1 unspecified atom stereocenters. The zero-order valence-corrected chi connectivity index (χ0v) is 26.4. The van der Waals surface area contributed by atoms with Gasteiger partial charge in [-0.1, -0.05) is 154 Å². The van der Waals surface area contributed by atoms with Crippen LogP contribution in [0.25, 0.3) is 66.3 Å². The Balaban J connectivity index is 1.31. The summed E-state index contributed by atoms with van der Waals surface area (Å²) in [6, 6.07) is 53.4. The van der Waals surface area contributed by atoms with Gasteiger partial charge in [0.15, 0.2) is 0 Å². The molecule has 0 N–H and O–H groups in total. The second-order valence-electron chi connectivity index (χ2n) is 12.4. The Morgan fingerprint density at radius 1 is 0.444 bits per heavy atom. The average molecular weight is 584 g/mol. The Kier molecular flexibility index (Phi) is 8.34. The zero-order chi connectivity index (χ0) is 30.6. The fraction of sp³-hybridized carbons (Fsp3) is 0.182. The van der Waals surface area contributed by atoms with Gasteiger partial charge in [-0.3, -0.25) is 0 Å². The lowest BCUT2D eigenvalue weighted by molar-refractivity contribution is 0.401. The van der Waals surface area contributed by atoms with E-state index < -0.39 is 0 Å². The predicted molar refractivity (Wildman–Crippen MR) is 194 cm³/mol. The average Bonchev–Trinajstić information content (AvgIpc) is 3.42. The summed E-state index contributed by atoms with van der Waals surface area (Å²) in [5.41, 5.74) is 12.7. The monoisotopic (exact) mass is 583 g/mol. The minimum Gasteiger partial charge on any atom is -0.340 e. The van der Waals surface area contributed by atoms with Crippen LogP contribution in [0.2, 0.25) is 0 Å². The van der Waals surface area contributed by atoms with Gasteiger partial charge in [0.05, 0.1) is 0 Å². The SMILES string of the molecule is CCCCC(CC)Cn1c2ccc(-c3ccc(-c4ccccc4)cc3)cc2c2cc(-c3ccc(-c4ccccc4)cc3)ccc21. The molecule has 0 bridgehead atoms. The topological polar surface area (TPSA) is 4.93 Å². The fourth-order valence-corrected chi connectivity index (χ4v) is 6.81. The number of hydrogen-bond acceptors (Lipinski definition) is 0. The van der Waals surface area contributed by atoms with Gasteiger partial charge in [-0.25, -0.2) is 0 Å². The van der Waals surface area contributed by atoms with Crippen LogP contribution in [-0.2, 0) is 6.54 Å². The van der Waals surface area contributed by atoms with Crippen molar-refractivity contribution in [3.8, 4) is 44.5 Å². The summed E-state index contributed by atoms with van der Waals surface area (Å²) in [5, 5.41) is 2.67. The van der Waals surface area contributed by atoms with Crippen molar-refractivity contribution in [2.24, 2.45) is 5.92 Å². The number of hydrogen-bond donors (Lipinski definition) is 0. The van der Waals surface area contributed by atoms with Crippen LogP contribution in [0.15, 0.2) is 146 Å². The molecule has 1 heterocycles. The van der Waals surface area contributed by atoms with Crippen molar-refractivity contribution in [3.63, 3.8) is 0 Å². The van der Waals surface area contributed by atoms with Crippen molar-refractivity contribution in [3.05, 3.63) is 146 Å². The van der Waals surface area contributed by atoms with Crippen LogP contribution in [0, 0.1) is 5.92 Å². The van der Waals surface area contributed by atoms with Crippen molar-refractivity contribution in [1.82, 2.24) is 4.57 Å². The Hall–Kier alpha value is -4.88. The fourth-order valence-electron chi connectivity index (χ4n) is 6.81. The largest absolute Gasteiger partial charge is 0.340 e. The van der Waals surface area contributed by atoms with E-state index in [0.29, 0.717) is 5.92 Å². The highest BCUT2D eigenvalue weighted by atomic mass is 15.0. The molecule has 1 aromatic heterocycles. The maximum absolute atomic E-state index is 2.60. The van der Waals surface area contributed by atoms with Gasteiger partial charge in [0.2, 0.25) is 0 Å². The van der Waals surface area contributed by atoms with Crippen LogP contribution < -0.4 is 0 Å². The lowest BCUT2D eigenvalue weighted by Crippen LogP contribution is -2.10. The van der Waals surface area contributed by atoms with E-state index in [1.54, 1.807) is 0 Å². The highest BCUT2D eigenvalue weighted by Gasteiger charge is 2.16. The van der Waals surface area contributed by atoms with E-state index in [1.807, 2.05) is 0 Å². The molecule has 0 fully saturated rings. The van der Waals surface area contributed by atoms with Gasteiger partial charge in [0.25, 0.3) is 0 Å². The minimum absolute atomic E-state index is 0.680.